The van der Waals surface area contributed by atoms with Gasteiger partial charge in [-0.3, -0.25) is 14.5 Å². The number of imide groups is 1. The normalized spacial score (nSPS) is 13.8. The monoisotopic (exact) mass is 400 g/mol. The second-order valence-electron chi connectivity index (χ2n) is 5.78. The van der Waals surface area contributed by atoms with Crippen molar-refractivity contribution in [1.29, 1.82) is 0 Å². The largest absolute Gasteiger partial charge is 0.493 e. The first kappa shape index (κ1) is 19.5. The summed E-state index contributed by atoms with van der Waals surface area (Å²) < 4.78 is 16.0. The highest BCUT2D eigenvalue weighted by atomic mass is 32.1. The molecule has 8 heteroatoms. The molecule has 0 spiro atoms. The number of methoxy groups -OCH3 is 3. The molecule has 2 aromatic rings. The van der Waals surface area contributed by atoms with Crippen molar-refractivity contribution in [2.24, 2.45) is 0 Å². The van der Waals surface area contributed by atoms with E-state index in [0.29, 0.717) is 33.4 Å². The van der Waals surface area contributed by atoms with Gasteiger partial charge in [-0.1, -0.05) is 12.1 Å². The van der Waals surface area contributed by atoms with Crippen LogP contribution >= 0.6 is 11.3 Å². The molecule has 28 heavy (non-hydrogen) atoms. The lowest BCUT2D eigenvalue weighted by molar-refractivity contribution is -0.136. The highest BCUT2D eigenvalue weighted by Crippen LogP contribution is 2.41. The number of hydrogen-bond donors (Lipinski definition) is 1. The number of carbonyl (C=O) groups excluding carboxylic acids is 2. The third kappa shape index (κ3) is 3.34. The Morgan fingerprint density at radius 2 is 1.79 bits per heavy atom. The van der Waals surface area contributed by atoms with Crippen molar-refractivity contribution in [3.8, 4) is 17.2 Å². The Kier molecular flexibility index (Phi) is 5.70. The highest BCUT2D eigenvalue weighted by Gasteiger charge is 2.39. The van der Waals surface area contributed by atoms with Gasteiger partial charge in [-0.2, -0.15) is 0 Å². The molecular weight excluding hydrogens is 380 g/mol. The first-order chi connectivity index (χ1) is 13.5. The van der Waals surface area contributed by atoms with Crippen LogP contribution in [0.4, 0.5) is 5.69 Å². The molecule has 2 heterocycles. The molecule has 1 aliphatic rings. The number of thiophene rings is 1. The van der Waals surface area contributed by atoms with Crippen molar-refractivity contribution in [3.05, 3.63) is 52.9 Å². The average molecular weight is 400 g/mol. The van der Waals surface area contributed by atoms with Crippen molar-refractivity contribution in [1.82, 2.24) is 4.90 Å². The molecular formula is C20H20N2O5S. The van der Waals surface area contributed by atoms with Crippen LogP contribution in [-0.4, -0.2) is 44.6 Å². The third-order valence-corrected chi connectivity index (χ3v) is 5.07. The summed E-state index contributed by atoms with van der Waals surface area (Å²) in [5, 5.41) is 4.93. The molecule has 0 saturated heterocycles. The number of amides is 2. The number of benzene rings is 1. The van der Waals surface area contributed by atoms with Gasteiger partial charge in [-0.25, -0.2) is 0 Å². The second-order valence-corrected chi connectivity index (χ2v) is 6.72. The molecule has 1 aliphatic heterocycles. The van der Waals surface area contributed by atoms with Crippen molar-refractivity contribution < 1.29 is 23.8 Å². The van der Waals surface area contributed by atoms with Crippen molar-refractivity contribution >= 4 is 34.4 Å². The molecule has 1 N–H and O–H groups in total. The molecule has 0 unspecified atom stereocenters. The first-order valence-corrected chi connectivity index (χ1v) is 9.25. The lowest BCUT2D eigenvalue weighted by atomic mass is 10.1. The van der Waals surface area contributed by atoms with E-state index in [1.165, 1.54) is 38.7 Å². The molecule has 0 aliphatic carbocycles. The molecule has 2 amide bonds. The maximum absolute atomic E-state index is 12.9. The summed E-state index contributed by atoms with van der Waals surface area (Å²) in [5.74, 6) is 0.527. The number of anilines is 1. The van der Waals surface area contributed by atoms with Gasteiger partial charge in [-0.05, 0) is 11.4 Å². The van der Waals surface area contributed by atoms with E-state index in [0.717, 1.165) is 4.90 Å². The molecule has 0 bridgehead atoms. The van der Waals surface area contributed by atoms with Gasteiger partial charge in [0.05, 0.1) is 26.9 Å². The molecule has 7 nitrogen and oxygen atoms in total. The Hall–Kier alpha value is -3.26. The minimum Gasteiger partial charge on any atom is -0.493 e. The van der Waals surface area contributed by atoms with Gasteiger partial charge in [0.2, 0.25) is 5.75 Å². The van der Waals surface area contributed by atoms with Crippen LogP contribution in [0.5, 0.6) is 17.2 Å². The summed E-state index contributed by atoms with van der Waals surface area (Å²) in [4.78, 5) is 27.6. The number of nitrogens with zero attached hydrogens (tertiary/aromatic N) is 1. The number of hydrogen-bond acceptors (Lipinski definition) is 7. The fraction of sp³-hybridized carbons (Fsp3) is 0.200. The van der Waals surface area contributed by atoms with Crippen LogP contribution < -0.4 is 19.5 Å². The van der Waals surface area contributed by atoms with Crippen LogP contribution in [0.25, 0.3) is 5.57 Å². The maximum Gasteiger partial charge on any atom is 0.278 e. The van der Waals surface area contributed by atoms with Gasteiger partial charge in [0.15, 0.2) is 11.5 Å². The van der Waals surface area contributed by atoms with E-state index < -0.39 is 5.91 Å². The van der Waals surface area contributed by atoms with E-state index in [4.69, 9.17) is 14.2 Å². The van der Waals surface area contributed by atoms with Gasteiger partial charge in [0.25, 0.3) is 11.8 Å². The molecule has 0 atom stereocenters. The Bertz CT molecular complexity index is 925. The van der Waals surface area contributed by atoms with Crippen LogP contribution in [0.15, 0.2) is 48.0 Å². The Balaban J connectivity index is 2.09. The lowest BCUT2D eigenvalue weighted by Gasteiger charge is -2.16. The average Bonchev–Trinajstić information content (AvgIpc) is 3.30. The van der Waals surface area contributed by atoms with Crippen LogP contribution in [0.1, 0.15) is 4.88 Å². The van der Waals surface area contributed by atoms with Crippen molar-refractivity contribution in [2.75, 3.05) is 33.2 Å². The SMILES string of the molecule is C=CCN1C(=O)C(Nc2cc(OC)c(OC)c(OC)c2)=C(c2cccs2)C1=O. The van der Waals surface area contributed by atoms with E-state index in [2.05, 4.69) is 11.9 Å². The zero-order chi connectivity index (χ0) is 20.3. The van der Waals surface area contributed by atoms with E-state index in [9.17, 15) is 9.59 Å². The summed E-state index contributed by atoms with van der Waals surface area (Å²) in [6.45, 7) is 3.76. The second kappa shape index (κ2) is 8.18. The minimum absolute atomic E-state index is 0.132. The van der Waals surface area contributed by atoms with Crippen molar-refractivity contribution in [3.63, 3.8) is 0 Å². The Morgan fingerprint density at radius 1 is 1.11 bits per heavy atom. The third-order valence-electron chi connectivity index (χ3n) is 4.18. The molecule has 1 aromatic heterocycles. The van der Waals surface area contributed by atoms with E-state index >= 15 is 0 Å². The molecule has 0 saturated carbocycles. The zero-order valence-corrected chi connectivity index (χ0v) is 16.6. The van der Waals surface area contributed by atoms with Gasteiger partial charge in [-0.15, -0.1) is 17.9 Å². The fourth-order valence-electron chi connectivity index (χ4n) is 2.93. The zero-order valence-electron chi connectivity index (χ0n) is 15.8. The predicted molar refractivity (Wildman–Crippen MR) is 108 cm³/mol. The Labute approximate surface area is 166 Å². The van der Waals surface area contributed by atoms with Crippen LogP contribution in [0.2, 0.25) is 0 Å². The maximum atomic E-state index is 12.9. The highest BCUT2D eigenvalue weighted by molar-refractivity contribution is 7.11. The standard InChI is InChI=1S/C20H20N2O5S/c1-5-8-22-19(23)16(15-7-6-9-28-15)17(20(22)24)21-12-10-13(25-2)18(27-4)14(11-12)26-3/h5-7,9-11,21H,1,8H2,2-4H3. The van der Waals surface area contributed by atoms with E-state index in [1.54, 1.807) is 18.2 Å². The lowest BCUT2D eigenvalue weighted by Crippen LogP contribution is -2.32. The van der Waals surface area contributed by atoms with Crippen LogP contribution in [0.3, 0.4) is 0 Å². The molecule has 3 rings (SSSR count). The van der Waals surface area contributed by atoms with Gasteiger partial charge in [0.1, 0.15) is 5.70 Å². The smallest absolute Gasteiger partial charge is 0.278 e. The number of carbonyl (C=O) groups is 2. The number of ether oxygens (including phenoxy) is 3. The Morgan fingerprint density at radius 3 is 2.29 bits per heavy atom. The summed E-state index contributed by atoms with van der Waals surface area (Å²) >= 11 is 1.39. The van der Waals surface area contributed by atoms with E-state index in [-0.39, 0.29) is 18.1 Å². The van der Waals surface area contributed by atoms with Crippen LogP contribution in [-0.2, 0) is 9.59 Å². The number of nitrogens with one attached hydrogen (secondary N) is 1. The van der Waals surface area contributed by atoms with Gasteiger partial charge < -0.3 is 19.5 Å². The van der Waals surface area contributed by atoms with Crippen molar-refractivity contribution in [2.45, 2.75) is 0 Å². The summed E-state index contributed by atoms with van der Waals surface area (Å²) in [6.07, 6.45) is 1.52. The molecule has 0 radical (unpaired) electrons. The molecule has 146 valence electrons. The quantitative estimate of drug-likeness (QED) is 0.542. The van der Waals surface area contributed by atoms with Crippen LogP contribution in [0, 0.1) is 0 Å². The molecule has 0 fully saturated rings. The van der Waals surface area contributed by atoms with Gasteiger partial charge in [0, 0.05) is 29.2 Å². The molecule has 1 aromatic carbocycles. The summed E-state index contributed by atoms with van der Waals surface area (Å²) in [6, 6.07) is 6.99. The summed E-state index contributed by atoms with van der Waals surface area (Å²) in [7, 11) is 4.53. The topological polar surface area (TPSA) is 77.1 Å². The minimum atomic E-state index is -0.415. The predicted octanol–water partition coefficient (Wildman–Crippen LogP) is 3.15. The fourth-order valence-corrected chi connectivity index (χ4v) is 3.70. The first-order valence-electron chi connectivity index (χ1n) is 8.38. The van der Waals surface area contributed by atoms with Gasteiger partial charge >= 0.3 is 0 Å². The van der Waals surface area contributed by atoms with E-state index in [1.807, 2.05) is 11.4 Å². The number of rotatable bonds is 8. The summed E-state index contributed by atoms with van der Waals surface area (Å²) in [5.41, 5.74) is 1.05.